The predicted octanol–water partition coefficient (Wildman–Crippen LogP) is 2.87. The number of aliphatic hydroxyl groups is 1. The SMILES string of the molecule is CCC[C@@H](O)[C@@H](N)c1ccc(C(F)(F)F)cc1. The lowest BCUT2D eigenvalue weighted by Gasteiger charge is -2.19. The molecule has 0 spiro atoms. The highest BCUT2D eigenvalue weighted by molar-refractivity contribution is 5.27. The number of hydrogen-bond acceptors (Lipinski definition) is 2. The van der Waals surface area contributed by atoms with Gasteiger partial charge in [-0.2, -0.15) is 13.2 Å². The second kappa shape index (κ2) is 5.51. The normalized spacial score (nSPS) is 15.6. The predicted molar refractivity (Wildman–Crippen MR) is 59.3 cm³/mol. The molecule has 17 heavy (non-hydrogen) atoms. The van der Waals surface area contributed by atoms with Crippen LogP contribution in [-0.4, -0.2) is 11.2 Å². The third kappa shape index (κ3) is 3.71. The maximum atomic E-state index is 12.3. The van der Waals surface area contributed by atoms with Crippen molar-refractivity contribution in [1.82, 2.24) is 0 Å². The fourth-order valence-electron chi connectivity index (χ4n) is 1.59. The van der Waals surface area contributed by atoms with Gasteiger partial charge in [0.05, 0.1) is 17.7 Å². The van der Waals surface area contributed by atoms with Crippen molar-refractivity contribution in [3.8, 4) is 0 Å². The van der Waals surface area contributed by atoms with E-state index in [1.807, 2.05) is 6.92 Å². The Labute approximate surface area is 98.3 Å². The average molecular weight is 247 g/mol. The van der Waals surface area contributed by atoms with Gasteiger partial charge in [-0.15, -0.1) is 0 Å². The summed E-state index contributed by atoms with van der Waals surface area (Å²) in [6.07, 6.45) is -3.76. The summed E-state index contributed by atoms with van der Waals surface area (Å²) in [4.78, 5) is 0. The van der Waals surface area contributed by atoms with Crippen LogP contribution in [0.15, 0.2) is 24.3 Å². The van der Waals surface area contributed by atoms with Crippen molar-refractivity contribution in [2.45, 2.75) is 38.1 Å². The number of alkyl halides is 3. The molecule has 2 nitrogen and oxygen atoms in total. The van der Waals surface area contributed by atoms with E-state index in [2.05, 4.69) is 0 Å². The van der Waals surface area contributed by atoms with Gasteiger partial charge in [0.15, 0.2) is 0 Å². The Bertz CT molecular complexity index is 348. The lowest BCUT2D eigenvalue weighted by atomic mass is 9.98. The highest BCUT2D eigenvalue weighted by atomic mass is 19.4. The van der Waals surface area contributed by atoms with Crippen molar-refractivity contribution in [3.05, 3.63) is 35.4 Å². The number of nitrogens with two attached hydrogens (primary N) is 1. The van der Waals surface area contributed by atoms with Gasteiger partial charge >= 0.3 is 6.18 Å². The van der Waals surface area contributed by atoms with Crippen LogP contribution in [0.5, 0.6) is 0 Å². The van der Waals surface area contributed by atoms with Crippen LogP contribution in [0.25, 0.3) is 0 Å². The van der Waals surface area contributed by atoms with Crippen LogP contribution in [0.2, 0.25) is 0 Å². The third-order valence-electron chi connectivity index (χ3n) is 2.62. The van der Waals surface area contributed by atoms with Gasteiger partial charge in [-0.3, -0.25) is 0 Å². The molecular formula is C12H16F3NO. The van der Waals surface area contributed by atoms with Crippen LogP contribution in [0.3, 0.4) is 0 Å². The van der Waals surface area contributed by atoms with Crippen molar-refractivity contribution in [2.75, 3.05) is 0 Å². The summed E-state index contributed by atoms with van der Waals surface area (Å²) in [5.74, 6) is 0. The summed E-state index contributed by atoms with van der Waals surface area (Å²) >= 11 is 0. The fourth-order valence-corrected chi connectivity index (χ4v) is 1.59. The maximum Gasteiger partial charge on any atom is 0.416 e. The van der Waals surface area contributed by atoms with E-state index >= 15 is 0 Å². The monoisotopic (exact) mass is 247 g/mol. The van der Waals surface area contributed by atoms with Crippen LogP contribution in [0, 0.1) is 0 Å². The lowest BCUT2D eigenvalue weighted by Crippen LogP contribution is -2.26. The number of halogens is 3. The Hall–Kier alpha value is -1.07. The first-order valence-electron chi connectivity index (χ1n) is 5.47. The molecule has 96 valence electrons. The van der Waals surface area contributed by atoms with Crippen LogP contribution in [0.1, 0.15) is 36.9 Å². The number of benzene rings is 1. The molecule has 0 aliphatic rings. The van der Waals surface area contributed by atoms with E-state index < -0.39 is 23.9 Å². The Morgan fingerprint density at radius 1 is 1.24 bits per heavy atom. The molecule has 0 saturated heterocycles. The van der Waals surface area contributed by atoms with Crippen LogP contribution in [-0.2, 0) is 6.18 Å². The minimum atomic E-state index is -4.34. The zero-order chi connectivity index (χ0) is 13.1. The van der Waals surface area contributed by atoms with Gasteiger partial charge in [-0.05, 0) is 24.1 Å². The van der Waals surface area contributed by atoms with Crippen LogP contribution in [0.4, 0.5) is 13.2 Å². The van der Waals surface area contributed by atoms with Crippen LogP contribution >= 0.6 is 0 Å². The molecule has 3 N–H and O–H groups in total. The van der Waals surface area contributed by atoms with Crippen molar-refractivity contribution >= 4 is 0 Å². The summed E-state index contributed by atoms with van der Waals surface area (Å²) < 4.78 is 37.0. The third-order valence-corrected chi connectivity index (χ3v) is 2.62. The van der Waals surface area contributed by atoms with E-state index in [0.29, 0.717) is 12.0 Å². The summed E-state index contributed by atoms with van der Waals surface area (Å²) in [6.45, 7) is 1.91. The van der Waals surface area contributed by atoms with Gasteiger partial charge in [-0.25, -0.2) is 0 Å². The number of hydrogen-bond donors (Lipinski definition) is 2. The van der Waals surface area contributed by atoms with Crippen molar-refractivity contribution in [1.29, 1.82) is 0 Å². The quantitative estimate of drug-likeness (QED) is 0.859. The fraction of sp³-hybridized carbons (Fsp3) is 0.500. The molecule has 0 fully saturated rings. The molecule has 0 bridgehead atoms. The van der Waals surface area contributed by atoms with E-state index in [0.717, 1.165) is 18.6 Å². The van der Waals surface area contributed by atoms with E-state index in [9.17, 15) is 18.3 Å². The molecule has 1 aromatic rings. The molecule has 1 rings (SSSR count). The Kier molecular flexibility index (Phi) is 4.54. The molecule has 2 atom stereocenters. The van der Waals surface area contributed by atoms with Crippen molar-refractivity contribution in [2.24, 2.45) is 5.73 Å². The Balaban J connectivity index is 2.80. The summed E-state index contributed by atoms with van der Waals surface area (Å²) in [5.41, 5.74) is 5.56. The van der Waals surface area contributed by atoms with Crippen molar-refractivity contribution < 1.29 is 18.3 Å². The molecule has 0 unspecified atom stereocenters. The topological polar surface area (TPSA) is 46.2 Å². The summed E-state index contributed by atoms with van der Waals surface area (Å²) in [6, 6.07) is 3.94. The lowest BCUT2D eigenvalue weighted by molar-refractivity contribution is -0.137. The molecule has 0 aliphatic carbocycles. The molecule has 0 radical (unpaired) electrons. The Morgan fingerprint density at radius 2 is 1.76 bits per heavy atom. The van der Waals surface area contributed by atoms with E-state index in [4.69, 9.17) is 5.73 Å². The number of aliphatic hydroxyl groups excluding tert-OH is 1. The van der Waals surface area contributed by atoms with Gasteiger partial charge in [-0.1, -0.05) is 25.5 Å². The minimum absolute atomic E-state index is 0.513. The standard InChI is InChI=1S/C12H16F3NO/c1-2-3-10(17)11(16)8-4-6-9(7-5-8)12(13,14)15/h4-7,10-11,17H,2-3,16H2,1H3/t10-,11+/m1/s1. The first-order chi connectivity index (χ1) is 7.86. The molecule has 0 aromatic heterocycles. The summed E-state index contributed by atoms with van der Waals surface area (Å²) in [7, 11) is 0. The Morgan fingerprint density at radius 3 is 2.18 bits per heavy atom. The molecule has 0 amide bonds. The molecule has 0 saturated carbocycles. The second-order valence-electron chi connectivity index (χ2n) is 4.00. The smallest absolute Gasteiger partial charge is 0.391 e. The van der Waals surface area contributed by atoms with Crippen LogP contribution < -0.4 is 5.73 Å². The zero-order valence-electron chi connectivity index (χ0n) is 9.54. The van der Waals surface area contributed by atoms with Gasteiger partial charge in [0.25, 0.3) is 0 Å². The molecule has 5 heteroatoms. The summed E-state index contributed by atoms with van der Waals surface area (Å²) in [5, 5.41) is 9.65. The highest BCUT2D eigenvalue weighted by Gasteiger charge is 2.30. The molecule has 1 aromatic carbocycles. The zero-order valence-corrected chi connectivity index (χ0v) is 9.54. The number of rotatable bonds is 4. The van der Waals surface area contributed by atoms with E-state index in [1.54, 1.807) is 0 Å². The molecular weight excluding hydrogens is 231 g/mol. The average Bonchev–Trinajstić information content (AvgIpc) is 2.27. The maximum absolute atomic E-state index is 12.3. The van der Waals surface area contributed by atoms with Gasteiger partial charge in [0, 0.05) is 0 Å². The van der Waals surface area contributed by atoms with Gasteiger partial charge in [0.1, 0.15) is 0 Å². The molecule has 0 heterocycles. The van der Waals surface area contributed by atoms with Gasteiger partial charge in [0.2, 0.25) is 0 Å². The highest BCUT2D eigenvalue weighted by Crippen LogP contribution is 2.30. The van der Waals surface area contributed by atoms with E-state index in [1.165, 1.54) is 12.1 Å². The first-order valence-corrected chi connectivity index (χ1v) is 5.47. The second-order valence-corrected chi connectivity index (χ2v) is 4.00. The largest absolute Gasteiger partial charge is 0.416 e. The first kappa shape index (κ1) is 14.0. The van der Waals surface area contributed by atoms with Crippen molar-refractivity contribution in [3.63, 3.8) is 0 Å². The van der Waals surface area contributed by atoms with E-state index in [-0.39, 0.29) is 0 Å². The van der Waals surface area contributed by atoms with Gasteiger partial charge < -0.3 is 10.8 Å². The molecule has 0 aliphatic heterocycles. The minimum Gasteiger partial charge on any atom is -0.391 e.